The second-order valence-corrected chi connectivity index (χ2v) is 8.28. The van der Waals surface area contributed by atoms with Gasteiger partial charge in [0, 0.05) is 0 Å². The minimum atomic E-state index is -3.38. The predicted octanol–water partition coefficient (Wildman–Crippen LogP) is 1.87. The molecule has 0 atom stereocenters. The van der Waals surface area contributed by atoms with Gasteiger partial charge in [-0.25, -0.2) is 8.42 Å². The van der Waals surface area contributed by atoms with E-state index < -0.39 is 15.4 Å². The van der Waals surface area contributed by atoms with E-state index in [0.29, 0.717) is 5.82 Å². The topological polar surface area (TPSA) is 93.3 Å². The summed E-state index contributed by atoms with van der Waals surface area (Å²) in [7, 11) is -3.38. The molecule has 2 rings (SSSR count). The third-order valence-electron chi connectivity index (χ3n) is 2.58. The first-order valence-corrected chi connectivity index (χ1v) is 8.75. The first-order valence-electron chi connectivity index (χ1n) is 6.04. The molecule has 0 aliphatic heterocycles. The van der Waals surface area contributed by atoms with Crippen LogP contribution in [-0.4, -0.2) is 35.0 Å². The zero-order valence-electron chi connectivity index (χ0n) is 11.2. The van der Waals surface area contributed by atoms with Gasteiger partial charge in [0.1, 0.15) is 5.75 Å². The van der Waals surface area contributed by atoms with Crippen molar-refractivity contribution < 1.29 is 18.0 Å². The Balaban J connectivity index is 2.03. The lowest BCUT2D eigenvalue weighted by molar-refractivity contribution is 0.0772. The number of hydrogen-bond donors (Lipinski definition) is 1. The van der Waals surface area contributed by atoms with Crippen LogP contribution in [0.4, 0.5) is 0 Å². The largest absolute Gasteiger partial charge is 0.390 e. The molecule has 110 valence electrons. The van der Waals surface area contributed by atoms with Crippen LogP contribution >= 0.6 is 11.3 Å². The third kappa shape index (κ3) is 4.39. The quantitative estimate of drug-likeness (QED) is 0.874. The minimum Gasteiger partial charge on any atom is -0.390 e. The normalized spacial score (nSPS) is 12.8. The van der Waals surface area contributed by atoms with Gasteiger partial charge in [0.25, 0.3) is 0 Å². The molecule has 0 saturated carbocycles. The Morgan fingerprint density at radius 3 is 2.80 bits per heavy atom. The van der Waals surface area contributed by atoms with E-state index in [0.717, 1.165) is 4.88 Å². The summed E-state index contributed by atoms with van der Waals surface area (Å²) in [6.45, 7) is 3.15. The molecule has 0 aliphatic rings. The monoisotopic (exact) mass is 316 g/mol. The summed E-state index contributed by atoms with van der Waals surface area (Å²) in [6.07, 6.45) is 0.168. The molecule has 0 fully saturated rings. The zero-order chi connectivity index (χ0) is 14.8. The predicted molar refractivity (Wildman–Crippen MR) is 76.0 cm³/mol. The molecule has 2 aromatic heterocycles. The third-order valence-corrected chi connectivity index (χ3v) is 4.96. The Morgan fingerprint density at radius 1 is 1.45 bits per heavy atom. The van der Waals surface area contributed by atoms with Gasteiger partial charge in [0.15, 0.2) is 9.84 Å². The molecule has 0 aromatic carbocycles. The van der Waals surface area contributed by atoms with E-state index in [9.17, 15) is 13.5 Å². The molecule has 2 heterocycles. The van der Waals surface area contributed by atoms with Crippen molar-refractivity contribution in [2.45, 2.75) is 31.6 Å². The Hall–Kier alpha value is -1.25. The number of aromatic nitrogens is 2. The van der Waals surface area contributed by atoms with Crippen molar-refractivity contribution in [1.82, 2.24) is 10.1 Å². The molecule has 6 nitrogen and oxygen atoms in total. The SMILES string of the molecule is CC(C)(O)CCS(=O)(=O)Cc1nc(-c2cccs2)no1. The van der Waals surface area contributed by atoms with Crippen LogP contribution in [0.5, 0.6) is 0 Å². The van der Waals surface area contributed by atoms with Crippen LogP contribution in [0.25, 0.3) is 10.7 Å². The molecular weight excluding hydrogens is 300 g/mol. The zero-order valence-corrected chi connectivity index (χ0v) is 12.9. The van der Waals surface area contributed by atoms with Crippen LogP contribution in [0.3, 0.4) is 0 Å². The van der Waals surface area contributed by atoms with E-state index in [1.54, 1.807) is 13.8 Å². The first kappa shape index (κ1) is 15.1. The van der Waals surface area contributed by atoms with Crippen molar-refractivity contribution in [3.8, 4) is 10.7 Å². The first-order chi connectivity index (χ1) is 9.25. The number of sulfone groups is 1. The van der Waals surface area contributed by atoms with Crippen molar-refractivity contribution in [3.63, 3.8) is 0 Å². The van der Waals surface area contributed by atoms with Crippen LogP contribution in [-0.2, 0) is 15.6 Å². The highest BCUT2D eigenvalue weighted by Gasteiger charge is 2.22. The number of aliphatic hydroxyl groups is 1. The Kier molecular flexibility index (Phi) is 4.26. The van der Waals surface area contributed by atoms with Crippen molar-refractivity contribution in [2.24, 2.45) is 0 Å². The lowest BCUT2D eigenvalue weighted by Gasteiger charge is -2.15. The van der Waals surface area contributed by atoms with Crippen LogP contribution in [0.2, 0.25) is 0 Å². The van der Waals surface area contributed by atoms with E-state index in [4.69, 9.17) is 4.52 Å². The van der Waals surface area contributed by atoms with Crippen LogP contribution in [0.1, 0.15) is 26.2 Å². The number of thiophene rings is 1. The molecule has 8 heteroatoms. The van der Waals surface area contributed by atoms with Crippen molar-refractivity contribution >= 4 is 21.2 Å². The average Bonchev–Trinajstić information content (AvgIpc) is 2.95. The molecule has 20 heavy (non-hydrogen) atoms. The molecule has 0 radical (unpaired) electrons. The summed E-state index contributed by atoms with van der Waals surface area (Å²) in [4.78, 5) is 4.90. The van der Waals surface area contributed by atoms with Gasteiger partial charge in [0.05, 0.1) is 16.2 Å². The van der Waals surface area contributed by atoms with Gasteiger partial charge in [0.2, 0.25) is 11.7 Å². The summed E-state index contributed by atoms with van der Waals surface area (Å²) in [5, 5.41) is 15.2. The highest BCUT2D eigenvalue weighted by molar-refractivity contribution is 7.90. The average molecular weight is 316 g/mol. The smallest absolute Gasteiger partial charge is 0.242 e. The molecule has 0 saturated heterocycles. The van der Waals surface area contributed by atoms with Crippen molar-refractivity contribution in [2.75, 3.05) is 5.75 Å². The number of nitrogens with zero attached hydrogens (tertiary/aromatic N) is 2. The molecule has 0 bridgehead atoms. The lowest BCUT2D eigenvalue weighted by Crippen LogP contribution is -2.24. The van der Waals surface area contributed by atoms with Gasteiger partial charge < -0.3 is 9.63 Å². The van der Waals surface area contributed by atoms with Crippen molar-refractivity contribution in [1.29, 1.82) is 0 Å². The Bertz CT molecular complexity index is 654. The number of rotatable bonds is 6. The van der Waals surface area contributed by atoms with Gasteiger partial charge in [-0.3, -0.25) is 0 Å². The Labute approximate surface area is 121 Å². The molecule has 0 spiro atoms. The second kappa shape index (κ2) is 5.63. The number of hydrogen-bond acceptors (Lipinski definition) is 7. The lowest BCUT2D eigenvalue weighted by atomic mass is 10.1. The van der Waals surface area contributed by atoms with Gasteiger partial charge in [-0.2, -0.15) is 4.98 Å². The van der Waals surface area contributed by atoms with Gasteiger partial charge in [-0.15, -0.1) is 11.3 Å². The molecule has 0 unspecified atom stereocenters. The fourth-order valence-electron chi connectivity index (χ4n) is 1.48. The maximum absolute atomic E-state index is 11.9. The summed E-state index contributed by atoms with van der Waals surface area (Å²) < 4.78 is 28.8. The molecule has 1 N–H and O–H groups in total. The van der Waals surface area contributed by atoms with E-state index in [2.05, 4.69) is 10.1 Å². The van der Waals surface area contributed by atoms with E-state index in [-0.39, 0.29) is 23.8 Å². The van der Waals surface area contributed by atoms with Crippen molar-refractivity contribution in [3.05, 3.63) is 23.4 Å². The van der Waals surface area contributed by atoms with Crippen LogP contribution in [0.15, 0.2) is 22.0 Å². The summed E-state index contributed by atoms with van der Waals surface area (Å²) >= 11 is 1.45. The molecule has 0 amide bonds. The fraction of sp³-hybridized carbons (Fsp3) is 0.500. The highest BCUT2D eigenvalue weighted by Crippen LogP contribution is 2.22. The van der Waals surface area contributed by atoms with Gasteiger partial charge in [-0.05, 0) is 31.7 Å². The molecule has 0 aliphatic carbocycles. The van der Waals surface area contributed by atoms with Crippen LogP contribution in [0, 0.1) is 0 Å². The minimum absolute atomic E-state index is 0.0733. The van der Waals surface area contributed by atoms with Gasteiger partial charge >= 0.3 is 0 Å². The highest BCUT2D eigenvalue weighted by atomic mass is 32.2. The summed E-state index contributed by atoms with van der Waals surface area (Å²) in [6, 6.07) is 3.69. The summed E-state index contributed by atoms with van der Waals surface area (Å²) in [5.74, 6) is 0.0473. The Morgan fingerprint density at radius 2 is 2.20 bits per heavy atom. The maximum atomic E-state index is 11.9. The maximum Gasteiger partial charge on any atom is 0.242 e. The second-order valence-electron chi connectivity index (χ2n) is 5.14. The molecular formula is C12H16N2O4S2. The summed E-state index contributed by atoms with van der Waals surface area (Å²) in [5.41, 5.74) is -1.01. The molecule has 2 aromatic rings. The van der Waals surface area contributed by atoms with Crippen LogP contribution < -0.4 is 0 Å². The van der Waals surface area contributed by atoms with E-state index >= 15 is 0 Å². The fourth-order valence-corrected chi connectivity index (χ4v) is 3.58. The van der Waals surface area contributed by atoms with E-state index in [1.165, 1.54) is 11.3 Å². The van der Waals surface area contributed by atoms with Gasteiger partial charge in [-0.1, -0.05) is 11.2 Å². The van der Waals surface area contributed by atoms with E-state index in [1.807, 2.05) is 17.5 Å². The standard InChI is InChI=1S/C12H16N2O4S2/c1-12(2,15)5-7-20(16,17)8-10-13-11(14-18-10)9-4-3-6-19-9/h3-4,6,15H,5,7-8H2,1-2H3.